The molecule has 16 atom stereocenters. The fraction of sp³-hybridized carbons (Fsp3) is 0.602. The van der Waals surface area contributed by atoms with Crippen LogP contribution in [-0.4, -0.2) is 287 Å². The Morgan fingerprint density at radius 2 is 0.924 bits per heavy atom. The van der Waals surface area contributed by atoms with Gasteiger partial charge in [-0.2, -0.15) is 0 Å². The summed E-state index contributed by atoms with van der Waals surface area (Å²) >= 11 is 1.02. The van der Waals surface area contributed by atoms with Crippen molar-refractivity contribution in [3.8, 4) is 11.5 Å². The molecule has 0 bridgehead atoms. The zero-order chi connectivity index (χ0) is 98.6. The Morgan fingerprint density at radius 3 is 1.45 bits per heavy atom. The van der Waals surface area contributed by atoms with Crippen molar-refractivity contribution in [2.45, 2.75) is 232 Å². The van der Waals surface area contributed by atoms with Gasteiger partial charge in [-0.05, 0) is 138 Å². The van der Waals surface area contributed by atoms with Crippen LogP contribution in [0.5, 0.6) is 11.5 Å². The molecule has 0 saturated carbocycles. The number of ketones is 8. The molecular formula is C93H134N10O28S. The Labute approximate surface area is 772 Å². The molecule has 8 amide bonds. The van der Waals surface area contributed by atoms with Crippen molar-refractivity contribution in [2.24, 2.45) is 59.0 Å². The predicted octanol–water partition coefficient (Wildman–Crippen LogP) is 1.84. The molecular weight excluding hydrogens is 1740 g/mol. The maximum Gasteiger partial charge on any atom is 0.304 e. The van der Waals surface area contributed by atoms with E-state index in [0.29, 0.717) is 63.0 Å². The summed E-state index contributed by atoms with van der Waals surface area (Å²) in [4.78, 5) is 263. The third-order valence-corrected chi connectivity index (χ3v) is 24.2. The third-order valence-electron chi connectivity index (χ3n) is 23.2. The highest BCUT2D eigenvalue weighted by Gasteiger charge is 2.41. The number of thioether (sulfide) groups is 1. The number of carboxylic acid groups (broad SMARTS) is 3. The van der Waals surface area contributed by atoms with Crippen LogP contribution >= 0.6 is 11.8 Å². The third kappa shape index (κ3) is 41.8. The Hall–Kier alpha value is -11.1. The Balaban J connectivity index is 1.52. The van der Waals surface area contributed by atoms with Crippen LogP contribution in [-0.2, 0) is 110 Å². The van der Waals surface area contributed by atoms with E-state index in [1.165, 1.54) is 55.5 Å². The Morgan fingerprint density at radius 1 is 0.447 bits per heavy atom. The number of aliphatic carboxylic acids is 3. The number of carboxylic acids is 3. The van der Waals surface area contributed by atoms with E-state index in [9.17, 15) is 137 Å². The molecule has 1 aliphatic heterocycles. The van der Waals surface area contributed by atoms with E-state index in [4.69, 9.17) is 5.73 Å². The second-order valence-corrected chi connectivity index (χ2v) is 35.8. The van der Waals surface area contributed by atoms with Crippen LogP contribution in [0, 0.1) is 53.3 Å². The van der Waals surface area contributed by atoms with Crippen molar-refractivity contribution in [2.75, 3.05) is 71.0 Å². The molecule has 730 valence electrons. The monoisotopic (exact) mass is 1870 g/mol. The molecule has 1 heterocycles. The van der Waals surface area contributed by atoms with Crippen molar-refractivity contribution in [1.29, 1.82) is 0 Å². The van der Waals surface area contributed by atoms with Crippen LogP contribution in [0.1, 0.15) is 181 Å². The predicted molar refractivity (Wildman–Crippen MR) is 482 cm³/mol. The lowest BCUT2D eigenvalue weighted by Gasteiger charge is -2.31. The topological polar surface area (TPSA) is 623 Å². The number of carbonyl (C=O) groups excluding carboxylic acids is 16. The number of phenols is 2. The summed E-state index contributed by atoms with van der Waals surface area (Å²) in [7, 11) is 1.71. The zero-order valence-corrected chi connectivity index (χ0v) is 77.2. The maximum atomic E-state index is 14.9. The van der Waals surface area contributed by atoms with Gasteiger partial charge < -0.3 is 93.8 Å². The zero-order valence-electron chi connectivity index (χ0n) is 76.4. The number of carbonyl (C=O) groups is 19. The number of Topliss-reactive ketones (excluding diaryl/α,β-unsaturated/α-hetero) is 8. The molecule has 3 aromatic carbocycles. The molecule has 1 aliphatic rings. The van der Waals surface area contributed by atoms with Crippen molar-refractivity contribution in [3.05, 3.63) is 95.6 Å². The maximum absolute atomic E-state index is 14.9. The first kappa shape index (κ1) is 113. The molecule has 38 nitrogen and oxygen atoms in total. The molecule has 1 fully saturated rings. The minimum atomic E-state index is -1.99. The second kappa shape index (κ2) is 58.7. The van der Waals surface area contributed by atoms with Crippen LogP contribution in [0.25, 0.3) is 0 Å². The molecule has 0 aromatic heterocycles. The highest BCUT2D eigenvalue weighted by molar-refractivity contribution is 8.00. The van der Waals surface area contributed by atoms with E-state index in [2.05, 4.69) is 37.2 Å². The highest BCUT2D eigenvalue weighted by Crippen LogP contribution is 2.27. The van der Waals surface area contributed by atoms with Gasteiger partial charge in [0.15, 0.2) is 34.7 Å². The number of hydrogen-bond donors (Lipinski definition) is 17. The highest BCUT2D eigenvalue weighted by atomic mass is 32.2. The molecule has 18 N–H and O–H groups in total. The van der Waals surface area contributed by atoms with Gasteiger partial charge in [0, 0.05) is 95.8 Å². The number of rotatable bonds is 67. The van der Waals surface area contributed by atoms with Gasteiger partial charge in [0.05, 0.1) is 117 Å². The quantitative estimate of drug-likeness (QED) is 0.0358. The van der Waals surface area contributed by atoms with Crippen LogP contribution in [0.3, 0.4) is 0 Å². The summed E-state index contributed by atoms with van der Waals surface area (Å²) < 4.78 is 0. The molecule has 132 heavy (non-hydrogen) atoms. The van der Waals surface area contributed by atoms with E-state index in [-0.39, 0.29) is 97.3 Å². The lowest BCUT2D eigenvalue weighted by Crippen LogP contribution is -2.52. The minimum absolute atomic E-state index is 0.0172. The first-order chi connectivity index (χ1) is 62.3. The second-order valence-electron chi connectivity index (χ2n) is 34.8. The average Bonchev–Trinajstić information content (AvgIpc) is 0.840. The minimum Gasteiger partial charge on any atom is -0.508 e. The summed E-state index contributed by atoms with van der Waals surface area (Å²) in [6, 6.07) is 10.5. The van der Waals surface area contributed by atoms with Crippen molar-refractivity contribution >= 4 is 123 Å². The fourth-order valence-corrected chi connectivity index (χ4v) is 15.9. The molecule has 0 unspecified atom stereocenters. The van der Waals surface area contributed by atoms with E-state index in [1.807, 2.05) is 4.90 Å². The number of phenolic OH excluding ortho intramolecular Hbond substituents is 2. The number of piperazine rings is 1. The normalized spacial score (nSPS) is 15.9. The largest absolute Gasteiger partial charge is 0.508 e. The van der Waals surface area contributed by atoms with Gasteiger partial charge in [-0.25, -0.2) is 0 Å². The number of aliphatic hydroxyl groups is 4. The first-order valence-electron chi connectivity index (χ1n) is 44.7. The molecule has 0 radical (unpaired) electrons. The fourth-order valence-electron chi connectivity index (χ4n) is 15.0. The number of hydrogen-bond acceptors (Lipinski definition) is 28. The molecule has 0 spiro atoms. The lowest BCUT2D eigenvalue weighted by atomic mass is 9.85. The van der Waals surface area contributed by atoms with E-state index < -0.39 is 280 Å². The molecule has 3 aromatic rings. The summed E-state index contributed by atoms with van der Waals surface area (Å²) in [5.41, 5.74) is 6.78. The van der Waals surface area contributed by atoms with Crippen molar-refractivity contribution in [1.82, 2.24) is 47.0 Å². The summed E-state index contributed by atoms with van der Waals surface area (Å²) in [5.74, 6) is -29.7. The van der Waals surface area contributed by atoms with E-state index >= 15 is 0 Å². The van der Waals surface area contributed by atoms with Crippen LogP contribution < -0.4 is 43.0 Å². The lowest BCUT2D eigenvalue weighted by molar-refractivity contribution is -0.143. The smallest absolute Gasteiger partial charge is 0.304 e. The standard InChI is InChI=1S/C93H134N10O28S/c1-9-54(4)86(81(117)41-62(35-59-20-25-66(108)26-21-59)89(127)97-73(34-53(2)3)77(113)39-63(43-84(121)122)88(126)96-55(5)16-13-14-30-94)101-91(129)65(49-104)42-78(114)74(37-60-22-27-67(109)28-23-60)98-90(128)64(44-85(123)124)40-79(115)76(50-105)100-93(131)72(57(7)107)46-80(116)75(36-58-17-11-10-12-18-58)99-92(130)71(56(6)106)45-69(111)47-95-87(125)61(24-29-83(119)120)38-70(112)52-132-51-68(110)19-15-31-103-33-32-102(8)82(118)48-103/h10-12,17-18,20-23,25-28,53-57,61-65,71-76,86,104-109H,9,13-16,19,24,29-52,94H2,1-8H3,(H,95,125)(H,96,126)(H,97,127)(H,98,128)(H,99,130)(H,100,131)(H,101,129)(H,119,120)(H,121,122)(H,123,124)/t54-,55+,56+,57+,61+,62+,63-,64-,65-,71-,72-,73-,74-,75-,76-,86-/m0/s1. The van der Waals surface area contributed by atoms with Gasteiger partial charge in [-0.3, -0.25) is 96.0 Å². The van der Waals surface area contributed by atoms with Gasteiger partial charge in [0.25, 0.3) is 0 Å². The van der Waals surface area contributed by atoms with Crippen LogP contribution in [0.15, 0.2) is 78.9 Å². The molecule has 39 heteroatoms. The van der Waals surface area contributed by atoms with Gasteiger partial charge in [0.1, 0.15) is 29.1 Å². The number of nitrogens with zero attached hydrogens (tertiary/aromatic N) is 2. The molecule has 4 rings (SSSR count). The van der Waals surface area contributed by atoms with Crippen LogP contribution in [0.2, 0.25) is 0 Å². The van der Waals surface area contributed by atoms with Gasteiger partial charge in [0.2, 0.25) is 47.3 Å². The SMILES string of the molecule is CC[C@H](C)[C@H](NC(=O)[C@H](CO)CC(=O)[C@H](Cc1ccc(O)cc1)NC(=O)[C@H](CC(=O)O)CC(=O)[C@H](CO)NC(=O)[C@@H](CC(=O)[C@H](Cc1ccccc1)NC(=O)[C@@H](CC(=O)CNC(=O)[C@H](CCC(=O)O)CC(=O)CSCC(=O)CCCN1CCN(C)C(=O)C1)[C@@H](C)O)[C@@H](C)O)C(=O)C[C@@H](Cc1ccc(O)cc1)C(=O)N[C@@H](CC(C)C)C(=O)C[C@@H](CC(=O)O)C(=O)N[C@H](C)CCCCN. The summed E-state index contributed by atoms with van der Waals surface area (Å²) in [6.45, 7) is 10.2. The van der Waals surface area contributed by atoms with Gasteiger partial charge in [-0.15, -0.1) is 11.8 Å². The summed E-state index contributed by atoms with van der Waals surface area (Å²) in [5, 5.41) is 111. The molecule has 1 saturated heterocycles. The number of amides is 8. The number of nitrogens with one attached hydrogen (secondary N) is 7. The van der Waals surface area contributed by atoms with Crippen molar-refractivity contribution in [3.63, 3.8) is 0 Å². The number of benzene rings is 3. The number of unbranched alkanes of at least 4 members (excludes halogenated alkanes) is 1. The van der Waals surface area contributed by atoms with Crippen LogP contribution in [0.4, 0.5) is 0 Å². The first-order valence-corrected chi connectivity index (χ1v) is 45.9. The Bertz CT molecular complexity index is 4380. The number of aromatic hydroxyl groups is 2. The van der Waals surface area contributed by atoms with Gasteiger partial charge >= 0.3 is 17.9 Å². The average molecular weight is 1870 g/mol. The summed E-state index contributed by atoms with van der Waals surface area (Å²) in [6.07, 6.45) is -9.36. The number of aliphatic hydroxyl groups excluding tert-OH is 4. The van der Waals surface area contributed by atoms with E-state index in [1.54, 1.807) is 76.9 Å². The van der Waals surface area contributed by atoms with Gasteiger partial charge in [-0.1, -0.05) is 95.1 Å². The van der Waals surface area contributed by atoms with Crippen molar-refractivity contribution < 1.29 is 137 Å². The Kier molecular flexibility index (Phi) is 50.4. The number of nitrogens with two attached hydrogens (primary N) is 1. The van der Waals surface area contributed by atoms with E-state index in [0.717, 1.165) is 18.7 Å². The number of likely N-dealkylation sites (N-methyl/N-ethyl adjacent to an activating group) is 1. The molecule has 0 aliphatic carbocycles.